The van der Waals surface area contributed by atoms with Gasteiger partial charge in [0.1, 0.15) is 0 Å². The highest BCUT2D eigenvalue weighted by molar-refractivity contribution is 5.66. The molecule has 0 aliphatic heterocycles. The topological polar surface area (TPSA) is 115 Å². The summed E-state index contributed by atoms with van der Waals surface area (Å²) in [6.45, 7) is 5.86. The van der Waals surface area contributed by atoms with E-state index in [1.807, 2.05) is 0 Å². The monoisotopic (exact) mass is 624 g/mol. The quantitative estimate of drug-likeness (QED) is 0.0414. The summed E-state index contributed by atoms with van der Waals surface area (Å²) < 4.78 is 0.850. The first-order valence-electron chi connectivity index (χ1n) is 18.4. The van der Waals surface area contributed by atoms with Crippen LogP contribution in [0.1, 0.15) is 180 Å². The Bertz CT molecular complexity index is 668. The number of nitrogens with zero attached hydrogens (tertiary/aromatic N) is 1. The number of allylic oxidation sites excluding steroid dienone is 2. The summed E-state index contributed by atoms with van der Waals surface area (Å²) in [5, 5.41) is 29.0. The number of carbonyl (C=O) groups is 3. The van der Waals surface area contributed by atoms with Crippen molar-refractivity contribution in [2.45, 2.75) is 180 Å². The zero-order valence-corrected chi connectivity index (χ0v) is 28.5. The van der Waals surface area contributed by atoms with E-state index in [-0.39, 0.29) is 19.3 Å². The van der Waals surface area contributed by atoms with Gasteiger partial charge in [-0.15, -0.1) is 0 Å². The van der Waals surface area contributed by atoms with Crippen LogP contribution in [0.5, 0.6) is 0 Å². The molecule has 0 fully saturated rings. The number of carbonyl (C=O) groups excluding carboxylic acids is 1. The van der Waals surface area contributed by atoms with Crippen LogP contribution in [0, 0.1) is 0 Å². The maximum absolute atomic E-state index is 11.0. The standard InChI is InChI=1S/C37H69NO6/c1-2-3-4-5-6-7-8-9-10-11-12-13-14-15-16-17-18-19-20-24-31-38(32-25-21-28-35(39)40,33-26-22-29-36(41)42)34-27-23-30-37(43)44/h5-6H,2-4,7-34H2,1H3,(H2-,39,40,41,42,43,44)/b6-5+. The van der Waals surface area contributed by atoms with Gasteiger partial charge >= 0.3 is 11.9 Å². The van der Waals surface area contributed by atoms with Gasteiger partial charge in [0.25, 0.3) is 0 Å². The Balaban J connectivity index is 4.22. The Morgan fingerprint density at radius 3 is 1.16 bits per heavy atom. The summed E-state index contributed by atoms with van der Waals surface area (Å²) in [6, 6.07) is 0. The highest BCUT2D eigenvalue weighted by Crippen LogP contribution is 2.20. The van der Waals surface area contributed by atoms with E-state index in [9.17, 15) is 19.5 Å². The lowest BCUT2D eigenvalue weighted by Crippen LogP contribution is -2.51. The second-order valence-electron chi connectivity index (χ2n) is 13.1. The van der Waals surface area contributed by atoms with Gasteiger partial charge in [-0.25, -0.2) is 0 Å². The second kappa shape index (κ2) is 31.1. The number of quaternary nitrogens is 1. The van der Waals surface area contributed by atoms with E-state index in [1.54, 1.807) is 0 Å². The van der Waals surface area contributed by atoms with Gasteiger partial charge in [-0.2, -0.15) is 0 Å². The molecular weight excluding hydrogens is 554 g/mol. The Hall–Kier alpha value is -1.89. The SMILES string of the molecule is CCCC/C=C/CCCCCCCCCCCCCCCC[N+](CCCCC(=O)[O-])(CCCCC(=O)O)CCCCC(=O)O. The van der Waals surface area contributed by atoms with Crippen LogP contribution >= 0.6 is 0 Å². The molecule has 7 heteroatoms. The van der Waals surface area contributed by atoms with E-state index in [2.05, 4.69) is 19.1 Å². The number of carboxylic acids is 3. The van der Waals surface area contributed by atoms with E-state index in [0.717, 1.165) is 56.3 Å². The van der Waals surface area contributed by atoms with Crippen molar-refractivity contribution >= 4 is 17.9 Å². The normalized spacial score (nSPS) is 11.8. The molecule has 0 saturated heterocycles. The van der Waals surface area contributed by atoms with Gasteiger partial charge in [0.05, 0.1) is 26.2 Å². The molecule has 0 saturated carbocycles. The van der Waals surface area contributed by atoms with Crippen LogP contribution in [0.2, 0.25) is 0 Å². The number of carboxylic acid groups (broad SMARTS) is 3. The van der Waals surface area contributed by atoms with E-state index in [1.165, 1.54) is 109 Å². The first kappa shape index (κ1) is 42.1. The molecule has 0 aromatic rings. The fourth-order valence-electron chi connectivity index (χ4n) is 6.22. The van der Waals surface area contributed by atoms with Crippen LogP contribution in [0.4, 0.5) is 0 Å². The predicted octanol–water partition coefficient (Wildman–Crippen LogP) is 8.83. The van der Waals surface area contributed by atoms with Gasteiger partial charge in [0, 0.05) is 18.8 Å². The summed E-state index contributed by atoms with van der Waals surface area (Å²) in [7, 11) is 0. The minimum atomic E-state index is -1.02. The minimum absolute atomic E-state index is 0.0648. The Labute approximate surface area is 270 Å². The van der Waals surface area contributed by atoms with Crippen molar-refractivity contribution < 1.29 is 34.2 Å². The van der Waals surface area contributed by atoms with E-state index in [4.69, 9.17) is 10.2 Å². The lowest BCUT2D eigenvalue weighted by atomic mass is 10.0. The van der Waals surface area contributed by atoms with Crippen LogP contribution in [0.15, 0.2) is 12.2 Å². The lowest BCUT2D eigenvalue weighted by molar-refractivity contribution is -0.929. The molecule has 0 aromatic heterocycles. The van der Waals surface area contributed by atoms with E-state index in [0.29, 0.717) is 19.3 Å². The molecule has 0 rings (SSSR count). The van der Waals surface area contributed by atoms with Crippen molar-refractivity contribution in [2.24, 2.45) is 0 Å². The predicted molar refractivity (Wildman–Crippen MR) is 179 cm³/mol. The molecule has 0 aliphatic rings. The van der Waals surface area contributed by atoms with Gasteiger partial charge in [-0.1, -0.05) is 103 Å². The molecular formula is C37H69NO6. The largest absolute Gasteiger partial charge is 0.550 e. The highest BCUT2D eigenvalue weighted by atomic mass is 16.4. The zero-order chi connectivity index (χ0) is 32.6. The molecule has 0 aliphatic carbocycles. The molecule has 0 amide bonds. The lowest BCUT2D eigenvalue weighted by Gasteiger charge is -2.39. The van der Waals surface area contributed by atoms with Gasteiger partial charge in [0.2, 0.25) is 0 Å². The van der Waals surface area contributed by atoms with Crippen molar-refractivity contribution in [3.05, 3.63) is 12.2 Å². The molecule has 0 unspecified atom stereocenters. The van der Waals surface area contributed by atoms with Crippen molar-refractivity contribution in [3.8, 4) is 0 Å². The van der Waals surface area contributed by atoms with Gasteiger partial charge < -0.3 is 24.6 Å². The smallest absolute Gasteiger partial charge is 0.303 e. The first-order chi connectivity index (χ1) is 21.3. The van der Waals surface area contributed by atoms with Crippen molar-refractivity contribution in [1.29, 1.82) is 0 Å². The second-order valence-corrected chi connectivity index (χ2v) is 13.1. The van der Waals surface area contributed by atoms with E-state index < -0.39 is 17.9 Å². The van der Waals surface area contributed by atoms with Crippen LogP contribution in [-0.4, -0.2) is 58.8 Å². The zero-order valence-electron chi connectivity index (χ0n) is 28.5. The van der Waals surface area contributed by atoms with Crippen molar-refractivity contribution in [1.82, 2.24) is 0 Å². The highest BCUT2D eigenvalue weighted by Gasteiger charge is 2.26. The third-order valence-corrected chi connectivity index (χ3v) is 8.95. The van der Waals surface area contributed by atoms with Crippen LogP contribution < -0.4 is 5.11 Å². The van der Waals surface area contributed by atoms with Gasteiger partial charge in [0.15, 0.2) is 0 Å². The fraction of sp³-hybridized carbons (Fsp3) is 0.865. The molecule has 0 heterocycles. The summed E-state index contributed by atoms with van der Waals surface area (Å²) in [5.74, 6) is -2.56. The van der Waals surface area contributed by atoms with E-state index >= 15 is 0 Å². The third-order valence-electron chi connectivity index (χ3n) is 8.95. The molecule has 7 nitrogen and oxygen atoms in total. The fourth-order valence-corrected chi connectivity index (χ4v) is 6.22. The number of hydrogen-bond donors (Lipinski definition) is 2. The third kappa shape index (κ3) is 30.1. The maximum atomic E-state index is 11.0. The Morgan fingerprint density at radius 2 is 0.795 bits per heavy atom. The molecule has 258 valence electrons. The maximum Gasteiger partial charge on any atom is 0.303 e. The van der Waals surface area contributed by atoms with Crippen LogP contribution in [0.25, 0.3) is 0 Å². The Kier molecular flexibility index (Phi) is 29.8. The summed E-state index contributed by atoms with van der Waals surface area (Å²) in [5.41, 5.74) is 0. The molecule has 0 bridgehead atoms. The molecule has 0 aromatic carbocycles. The molecule has 0 radical (unpaired) electrons. The number of hydrogen-bond acceptors (Lipinski definition) is 4. The van der Waals surface area contributed by atoms with Crippen molar-refractivity contribution in [2.75, 3.05) is 26.2 Å². The minimum Gasteiger partial charge on any atom is -0.550 e. The van der Waals surface area contributed by atoms with Gasteiger partial charge in [-0.05, 0) is 77.0 Å². The number of aliphatic carboxylic acids is 3. The number of rotatable bonds is 35. The molecule has 44 heavy (non-hydrogen) atoms. The molecule has 0 atom stereocenters. The van der Waals surface area contributed by atoms with Crippen molar-refractivity contribution in [3.63, 3.8) is 0 Å². The summed E-state index contributed by atoms with van der Waals surface area (Å²) >= 11 is 0. The van der Waals surface area contributed by atoms with Gasteiger partial charge in [-0.3, -0.25) is 9.59 Å². The average Bonchev–Trinajstić information content (AvgIpc) is 2.98. The first-order valence-corrected chi connectivity index (χ1v) is 18.4. The molecule has 0 spiro atoms. The average molecular weight is 624 g/mol. The summed E-state index contributed by atoms with van der Waals surface area (Å²) in [4.78, 5) is 32.9. The Morgan fingerprint density at radius 1 is 0.477 bits per heavy atom. The summed E-state index contributed by atoms with van der Waals surface area (Å²) in [6.07, 6.45) is 32.9. The number of unbranched alkanes of at least 4 members (excludes halogenated alkanes) is 19. The van der Waals surface area contributed by atoms with Crippen LogP contribution in [0.3, 0.4) is 0 Å². The van der Waals surface area contributed by atoms with Crippen LogP contribution in [-0.2, 0) is 14.4 Å². The molecule has 2 N–H and O–H groups in total.